The Kier molecular flexibility index (Phi) is 48.8. The van der Waals surface area contributed by atoms with Crippen LogP contribution in [0, 0.1) is 0 Å². The van der Waals surface area contributed by atoms with Crippen molar-refractivity contribution in [3.05, 3.63) is 146 Å². The van der Waals surface area contributed by atoms with Crippen LogP contribution in [0.25, 0.3) is 0 Å². The summed E-state index contributed by atoms with van der Waals surface area (Å²) < 4.78 is 34.3. The molecule has 0 radical (unpaired) electrons. The van der Waals surface area contributed by atoms with Crippen molar-refractivity contribution in [1.29, 1.82) is 0 Å². The lowest BCUT2D eigenvalue weighted by atomic mass is 9.96. The van der Waals surface area contributed by atoms with Crippen LogP contribution in [0.4, 0.5) is 0 Å². The van der Waals surface area contributed by atoms with Gasteiger partial charge < -0.3 is 89.9 Å². The molecule has 3 fully saturated rings. The lowest BCUT2D eigenvalue weighted by molar-refractivity contribution is -0.379. The van der Waals surface area contributed by atoms with Crippen LogP contribution < -0.4 is 5.32 Å². The fourth-order valence-electron chi connectivity index (χ4n) is 10.7. The molecule has 3 aliphatic heterocycles. The zero-order valence-corrected chi connectivity index (χ0v) is 56.4. The maximum atomic E-state index is 13.4. The summed E-state index contributed by atoms with van der Waals surface area (Å²) in [6.45, 7) is 1.52. The van der Waals surface area contributed by atoms with E-state index in [9.17, 15) is 61.0 Å². The second-order valence-corrected chi connectivity index (χ2v) is 24.2. The molecule has 17 unspecified atom stereocenters. The van der Waals surface area contributed by atoms with E-state index < -0.39 is 124 Å². The highest BCUT2D eigenvalue weighted by molar-refractivity contribution is 5.76. The number of hydrogen-bond acceptors (Lipinski definition) is 18. The van der Waals surface area contributed by atoms with E-state index in [0.29, 0.717) is 12.8 Å². The van der Waals surface area contributed by atoms with Gasteiger partial charge in [0.15, 0.2) is 18.9 Å². The van der Waals surface area contributed by atoms with E-state index in [2.05, 4.69) is 153 Å². The Morgan fingerprint density at radius 3 is 1.19 bits per heavy atom. The largest absolute Gasteiger partial charge is 0.394 e. The second-order valence-electron chi connectivity index (χ2n) is 24.2. The second kappa shape index (κ2) is 54.7. The summed E-state index contributed by atoms with van der Waals surface area (Å²) in [5.74, 6) is -0.309. The molecule has 3 saturated heterocycles. The first kappa shape index (κ1) is 83.9. The predicted molar refractivity (Wildman–Crippen MR) is 369 cm³/mol. The number of allylic oxidation sites excluding steroid dienone is 23. The van der Waals surface area contributed by atoms with Crippen molar-refractivity contribution in [2.75, 3.05) is 26.4 Å². The molecule has 19 nitrogen and oxygen atoms in total. The summed E-state index contributed by atoms with van der Waals surface area (Å²) >= 11 is 0. The zero-order valence-electron chi connectivity index (χ0n) is 56.4. The fraction of sp³-hybridized carbons (Fsp3) is 0.667. The highest BCUT2D eigenvalue weighted by atomic mass is 16.8. The molecule has 1 amide bonds. The van der Waals surface area contributed by atoms with Crippen molar-refractivity contribution >= 4 is 5.91 Å². The number of carbonyl (C=O) groups is 1. The molecule has 0 aromatic rings. The zero-order chi connectivity index (χ0) is 68.2. The van der Waals surface area contributed by atoms with Gasteiger partial charge in [0, 0.05) is 6.42 Å². The molecule has 0 bridgehead atoms. The van der Waals surface area contributed by atoms with Gasteiger partial charge in [-0.25, -0.2) is 0 Å². The molecular formula is C75H121NO18. The van der Waals surface area contributed by atoms with Gasteiger partial charge in [-0.15, -0.1) is 0 Å². The van der Waals surface area contributed by atoms with E-state index in [1.165, 1.54) is 25.7 Å². The van der Waals surface area contributed by atoms with Gasteiger partial charge in [-0.05, 0) is 116 Å². The van der Waals surface area contributed by atoms with Crippen LogP contribution in [0.5, 0.6) is 0 Å². The van der Waals surface area contributed by atoms with E-state index >= 15 is 0 Å². The molecule has 3 rings (SSSR count). The highest BCUT2D eigenvalue weighted by Gasteiger charge is 2.53. The van der Waals surface area contributed by atoms with E-state index in [0.717, 1.165) is 128 Å². The summed E-state index contributed by atoms with van der Waals surface area (Å²) in [7, 11) is 0. The average Bonchev–Trinajstić information content (AvgIpc) is 0.792. The number of aliphatic hydroxyl groups excluding tert-OH is 11. The number of hydrogen-bond donors (Lipinski definition) is 12. The van der Waals surface area contributed by atoms with Crippen LogP contribution >= 0.6 is 0 Å². The maximum absolute atomic E-state index is 13.4. The van der Waals surface area contributed by atoms with Crippen molar-refractivity contribution in [3.63, 3.8) is 0 Å². The van der Waals surface area contributed by atoms with Crippen LogP contribution in [0.2, 0.25) is 0 Å². The van der Waals surface area contributed by atoms with Gasteiger partial charge in [0.05, 0.1) is 38.6 Å². The Morgan fingerprint density at radius 2 is 0.745 bits per heavy atom. The summed E-state index contributed by atoms with van der Waals surface area (Å²) in [4.78, 5) is 13.4. The first-order valence-electron chi connectivity index (χ1n) is 35.1. The van der Waals surface area contributed by atoms with Crippen molar-refractivity contribution in [3.8, 4) is 0 Å². The van der Waals surface area contributed by atoms with Gasteiger partial charge in [-0.2, -0.15) is 0 Å². The first-order valence-corrected chi connectivity index (χ1v) is 35.1. The van der Waals surface area contributed by atoms with E-state index in [1.54, 1.807) is 6.08 Å². The Labute approximate surface area is 562 Å². The van der Waals surface area contributed by atoms with Gasteiger partial charge in [-0.3, -0.25) is 4.79 Å². The quantitative estimate of drug-likeness (QED) is 0.0199. The van der Waals surface area contributed by atoms with Crippen LogP contribution in [0.1, 0.15) is 187 Å². The van der Waals surface area contributed by atoms with Crippen molar-refractivity contribution in [2.45, 2.75) is 291 Å². The summed E-state index contributed by atoms with van der Waals surface area (Å²) in [5, 5.41) is 120. The summed E-state index contributed by atoms with van der Waals surface area (Å²) in [6, 6.07) is -1.01. The fourth-order valence-corrected chi connectivity index (χ4v) is 10.7. The van der Waals surface area contributed by atoms with Crippen LogP contribution in [-0.4, -0.2) is 193 Å². The number of amides is 1. The minimum Gasteiger partial charge on any atom is -0.394 e. The number of nitrogens with one attached hydrogen (secondary N) is 1. The molecule has 94 heavy (non-hydrogen) atoms. The molecule has 3 aliphatic rings. The lowest BCUT2D eigenvalue weighted by Gasteiger charge is -2.48. The molecule has 12 N–H and O–H groups in total. The lowest BCUT2D eigenvalue weighted by Crippen LogP contribution is -2.66. The number of aliphatic hydroxyl groups is 11. The van der Waals surface area contributed by atoms with Crippen molar-refractivity contribution in [2.24, 2.45) is 0 Å². The third kappa shape index (κ3) is 35.8. The molecular weight excluding hydrogens is 1200 g/mol. The SMILES string of the molecule is CC/C=C\C/C=C\C/C=C\C/C=C\C/C=C\C/C=C\C/C=C\C/C=C\C/C=C\CCCCCCCCCC(=O)NC(COC1OC(CO)C(OC2OC(CO)C(OC3OC(CO)C(O)C(O)C3O)C(O)C2O)C(O)C1O)C(O)/C=C/CC/C=C/CC/C=C/CCCCCC. The summed E-state index contributed by atoms with van der Waals surface area (Å²) in [5.41, 5.74) is 0. The Hall–Kier alpha value is -4.33. The number of unbranched alkanes of at least 4 members (excludes halogenated alkanes) is 13. The molecule has 3 heterocycles. The van der Waals surface area contributed by atoms with Crippen molar-refractivity contribution < 1.29 is 89.4 Å². The van der Waals surface area contributed by atoms with Crippen LogP contribution in [0.15, 0.2) is 146 Å². The smallest absolute Gasteiger partial charge is 0.220 e. The summed E-state index contributed by atoms with van der Waals surface area (Å²) in [6.07, 6.45) is 51.1. The minimum absolute atomic E-state index is 0.208. The molecule has 0 aromatic carbocycles. The van der Waals surface area contributed by atoms with Crippen LogP contribution in [0.3, 0.4) is 0 Å². The topological polar surface area (TPSA) is 307 Å². The number of rotatable bonds is 51. The van der Waals surface area contributed by atoms with Crippen LogP contribution in [-0.2, 0) is 33.2 Å². The van der Waals surface area contributed by atoms with E-state index in [-0.39, 0.29) is 18.9 Å². The van der Waals surface area contributed by atoms with Gasteiger partial charge in [0.25, 0.3) is 0 Å². The van der Waals surface area contributed by atoms with E-state index in [1.807, 2.05) is 6.08 Å². The first-order chi connectivity index (χ1) is 45.8. The van der Waals surface area contributed by atoms with Gasteiger partial charge >= 0.3 is 0 Å². The minimum atomic E-state index is -1.99. The maximum Gasteiger partial charge on any atom is 0.220 e. The highest BCUT2D eigenvalue weighted by Crippen LogP contribution is 2.33. The van der Waals surface area contributed by atoms with Crippen molar-refractivity contribution in [1.82, 2.24) is 5.32 Å². The Balaban J connectivity index is 1.39. The normalized spacial score (nSPS) is 28.3. The number of ether oxygens (including phenoxy) is 6. The molecule has 0 spiro atoms. The van der Waals surface area contributed by atoms with Gasteiger partial charge in [0.2, 0.25) is 5.91 Å². The Bertz CT molecular complexity index is 2270. The molecule has 0 saturated carbocycles. The standard InChI is InChI=1S/C75H121NO18/c1-3-5-7-9-11-13-15-17-19-20-21-22-23-24-25-26-27-28-29-30-31-32-33-34-35-36-37-38-39-41-43-45-47-49-51-53-63(81)76-58(59(80)52-50-48-46-44-42-40-18-16-14-12-10-8-6-4-2)57-89-73-69(87)66(84)71(61(55-78)91-73)94-75-70(88)67(85)72(62(56-79)92-75)93-74-68(86)65(83)64(82)60(54-77)90-74/h5,7,11,13-14,16-17,19,21-22,24-25,27-28,30-31,33-34,36-37,42,44,50,52,58-62,64-75,77-80,82-88H,3-4,6,8-10,12,15,18,20,23,26,29,32,35,38-41,43,45-49,51,53-57H2,1-2H3,(H,76,81)/b7-5-,13-11-,16-14+,19-17-,22-21-,25-24-,28-27-,31-30-,34-33-,37-36-,44-42+,52-50+. The predicted octanol–water partition coefficient (Wildman–Crippen LogP) is 9.54. The molecule has 17 atom stereocenters. The molecule has 0 aliphatic carbocycles. The Morgan fingerprint density at radius 1 is 0.394 bits per heavy atom. The third-order valence-electron chi connectivity index (χ3n) is 16.3. The number of carbonyl (C=O) groups excluding carboxylic acids is 1. The monoisotopic (exact) mass is 1320 g/mol. The third-order valence-corrected chi connectivity index (χ3v) is 16.3. The van der Waals surface area contributed by atoms with Gasteiger partial charge in [0.1, 0.15) is 73.2 Å². The molecule has 534 valence electrons. The van der Waals surface area contributed by atoms with Gasteiger partial charge in [-0.1, -0.05) is 211 Å². The average molecular weight is 1320 g/mol. The molecule has 19 heteroatoms. The van der Waals surface area contributed by atoms with E-state index in [4.69, 9.17) is 28.4 Å². The molecule has 0 aromatic heterocycles.